The Balaban J connectivity index is 1.41. The monoisotopic (exact) mass is 355 g/mol. The van der Waals surface area contributed by atoms with Crippen LogP contribution in [0.1, 0.15) is 44.3 Å². The van der Waals surface area contributed by atoms with E-state index >= 15 is 0 Å². The van der Waals surface area contributed by atoms with Crippen molar-refractivity contribution < 1.29 is 18.8 Å². The maximum atomic E-state index is 12.7. The molecule has 0 radical (unpaired) electrons. The number of ether oxygens (including phenoxy) is 1. The van der Waals surface area contributed by atoms with Gasteiger partial charge in [0.05, 0.1) is 18.9 Å². The van der Waals surface area contributed by atoms with Crippen LogP contribution in [0, 0.1) is 5.92 Å². The van der Waals surface area contributed by atoms with Crippen LogP contribution in [0.5, 0.6) is 0 Å². The minimum absolute atomic E-state index is 0.146. The second-order valence-electron chi connectivity index (χ2n) is 6.96. The Morgan fingerprint density at radius 3 is 2.73 bits per heavy atom. The van der Waals surface area contributed by atoms with Gasteiger partial charge in [-0.3, -0.25) is 9.59 Å². The van der Waals surface area contributed by atoms with Crippen LogP contribution in [0.3, 0.4) is 0 Å². The molecule has 1 N–H and O–H groups in total. The molecule has 136 valence electrons. The summed E-state index contributed by atoms with van der Waals surface area (Å²) in [6, 6.07) is 9.45. The zero-order valence-corrected chi connectivity index (χ0v) is 14.4. The molecule has 2 aromatic rings. The average Bonchev–Trinajstić information content (AvgIpc) is 3.26. The quantitative estimate of drug-likeness (QED) is 0.847. The molecular weight excluding hydrogens is 334 g/mol. The second kappa shape index (κ2) is 6.90. The van der Waals surface area contributed by atoms with Crippen LogP contribution in [0.15, 0.2) is 34.9 Å². The largest absolute Gasteiger partial charge is 0.458 e. The molecule has 0 unspecified atom stereocenters. The number of nitrogens with zero attached hydrogens (tertiary/aromatic N) is 2. The zero-order chi connectivity index (χ0) is 18.0. The van der Waals surface area contributed by atoms with E-state index in [9.17, 15) is 9.59 Å². The van der Waals surface area contributed by atoms with Gasteiger partial charge in [0, 0.05) is 5.56 Å². The number of hydrogen-bond acceptors (Lipinski definition) is 6. The first-order valence-electron chi connectivity index (χ1n) is 9.04. The lowest BCUT2D eigenvalue weighted by Crippen LogP contribution is -2.45. The van der Waals surface area contributed by atoms with Crippen LogP contribution in [-0.4, -0.2) is 27.6 Å². The number of amides is 1. The van der Waals surface area contributed by atoms with E-state index in [1.807, 2.05) is 30.3 Å². The summed E-state index contributed by atoms with van der Waals surface area (Å²) in [6.45, 7) is 0.163. The maximum Gasteiger partial charge on any atom is 0.307 e. The normalized spacial score (nSPS) is 21.5. The van der Waals surface area contributed by atoms with Gasteiger partial charge in [-0.15, -0.1) is 0 Å². The van der Waals surface area contributed by atoms with E-state index < -0.39 is 11.5 Å². The molecule has 1 aliphatic heterocycles. The van der Waals surface area contributed by atoms with Gasteiger partial charge in [0.15, 0.2) is 5.82 Å². The third-order valence-corrected chi connectivity index (χ3v) is 5.25. The van der Waals surface area contributed by atoms with Crippen LogP contribution in [0.25, 0.3) is 11.5 Å². The number of nitrogens with one attached hydrogen (secondary N) is 1. The van der Waals surface area contributed by atoms with Gasteiger partial charge in [0.2, 0.25) is 5.91 Å². The summed E-state index contributed by atoms with van der Waals surface area (Å²) in [6.07, 6.45) is 4.77. The minimum atomic E-state index is -0.619. The van der Waals surface area contributed by atoms with Crippen LogP contribution in [0.2, 0.25) is 0 Å². The molecule has 1 saturated heterocycles. The number of hydrogen-bond donors (Lipinski definition) is 1. The average molecular weight is 355 g/mol. The van der Waals surface area contributed by atoms with Crippen LogP contribution in [-0.2, 0) is 20.9 Å². The van der Waals surface area contributed by atoms with Crippen LogP contribution >= 0.6 is 0 Å². The fourth-order valence-electron chi connectivity index (χ4n) is 3.94. The minimum Gasteiger partial charge on any atom is -0.458 e. The summed E-state index contributed by atoms with van der Waals surface area (Å²) in [7, 11) is 0. The lowest BCUT2D eigenvalue weighted by atomic mass is 9.75. The van der Waals surface area contributed by atoms with Crippen LogP contribution in [0.4, 0.5) is 0 Å². The first-order valence-corrected chi connectivity index (χ1v) is 9.04. The Kier molecular flexibility index (Phi) is 4.44. The molecule has 4 rings (SSSR count). The molecule has 1 aliphatic carbocycles. The molecule has 1 aromatic carbocycles. The van der Waals surface area contributed by atoms with Crippen molar-refractivity contribution in [3.63, 3.8) is 0 Å². The van der Waals surface area contributed by atoms with E-state index in [0.29, 0.717) is 11.7 Å². The van der Waals surface area contributed by atoms with Crippen molar-refractivity contribution in [1.82, 2.24) is 15.5 Å². The molecule has 2 aliphatic rings. The molecule has 0 bridgehead atoms. The summed E-state index contributed by atoms with van der Waals surface area (Å²) < 4.78 is 10.8. The first-order chi connectivity index (χ1) is 12.7. The van der Waals surface area contributed by atoms with E-state index in [-0.39, 0.29) is 24.8 Å². The van der Waals surface area contributed by atoms with Crippen LogP contribution < -0.4 is 5.32 Å². The van der Waals surface area contributed by atoms with Crippen molar-refractivity contribution in [2.75, 3.05) is 0 Å². The van der Waals surface area contributed by atoms with Gasteiger partial charge in [-0.25, -0.2) is 0 Å². The maximum absolute atomic E-state index is 12.7. The highest BCUT2D eigenvalue weighted by Crippen LogP contribution is 2.44. The Morgan fingerprint density at radius 1 is 1.19 bits per heavy atom. The van der Waals surface area contributed by atoms with Gasteiger partial charge in [-0.1, -0.05) is 29.8 Å². The van der Waals surface area contributed by atoms with Crippen molar-refractivity contribution in [3.05, 3.63) is 36.2 Å². The summed E-state index contributed by atoms with van der Waals surface area (Å²) in [5, 5.41) is 6.75. The van der Waals surface area contributed by atoms with Crippen molar-refractivity contribution in [1.29, 1.82) is 0 Å². The fourth-order valence-corrected chi connectivity index (χ4v) is 3.94. The van der Waals surface area contributed by atoms with E-state index in [2.05, 4.69) is 15.5 Å². The summed E-state index contributed by atoms with van der Waals surface area (Å²) in [5.74, 6) is -0.0734. The standard InChI is InChI=1S/C19H21N3O4/c23-16-11-14(19(25-16)9-5-2-6-10-19)17(24)20-12-15-21-18(26-22-15)13-7-3-1-4-8-13/h1,3-4,7-8,14H,2,5-6,9-12H2,(H,20,24)/t14-/m0/s1. The molecule has 7 heteroatoms. The molecule has 1 atom stereocenters. The van der Waals surface area contributed by atoms with Crippen molar-refractivity contribution in [2.45, 2.75) is 50.7 Å². The molecule has 26 heavy (non-hydrogen) atoms. The Hall–Kier alpha value is -2.70. The highest BCUT2D eigenvalue weighted by atomic mass is 16.6. The molecule has 1 amide bonds. The van der Waals surface area contributed by atoms with E-state index in [4.69, 9.17) is 9.26 Å². The zero-order valence-electron chi connectivity index (χ0n) is 14.4. The van der Waals surface area contributed by atoms with Crippen molar-refractivity contribution in [3.8, 4) is 11.5 Å². The van der Waals surface area contributed by atoms with Crippen molar-refractivity contribution in [2.24, 2.45) is 5.92 Å². The summed E-state index contributed by atoms with van der Waals surface area (Å²) >= 11 is 0. The SMILES string of the molecule is O=C1C[C@@H](C(=O)NCc2noc(-c3ccccc3)n2)C2(CCCCC2)O1. The lowest BCUT2D eigenvalue weighted by molar-refractivity contribution is -0.153. The van der Waals surface area contributed by atoms with Crippen molar-refractivity contribution >= 4 is 11.9 Å². The van der Waals surface area contributed by atoms with Gasteiger partial charge in [-0.05, 0) is 37.8 Å². The molecule has 2 heterocycles. The number of esters is 1. The second-order valence-corrected chi connectivity index (χ2v) is 6.96. The van der Waals surface area contributed by atoms with Gasteiger partial charge in [0.25, 0.3) is 5.89 Å². The predicted molar refractivity (Wildman–Crippen MR) is 91.6 cm³/mol. The van der Waals surface area contributed by atoms with Gasteiger partial charge < -0.3 is 14.6 Å². The third kappa shape index (κ3) is 3.21. The lowest BCUT2D eigenvalue weighted by Gasteiger charge is -2.35. The number of benzene rings is 1. The van der Waals surface area contributed by atoms with E-state index in [1.165, 1.54) is 0 Å². The topological polar surface area (TPSA) is 94.3 Å². The Morgan fingerprint density at radius 2 is 1.96 bits per heavy atom. The van der Waals surface area contributed by atoms with E-state index in [0.717, 1.165) is 37.7 Å². The number of carbonyl (C=O) groups excluding carboxylic acids is 2. The van der Waals surface area contributed by atoms with Gasteiger partial charge in [-0.2, -0.15) is 4.98 Å². The van der Waals surface area contributed by atoms with Gasteiger partial charge >= 0.3 is 5.97 Å². The first kappa shape index (κ1) is 16.8. The smallest absolute Gasteiger partial charge is 0.307 e. The highest BCUT2D eigenvalue weighted by molar-refractivity contribution is 5.87. The number of aromatic nitrogens is 2. The fraction of sp³-hybridized carbons (Fsp3) is 0.474. The van der Waals surface area contributed by atoms with E-state index in [1.54, 1.807) is 0 Å². The summed E-state index contributed by atoms with van der Waals surface area (Å²) in [5.41, 5.74) is 0.208. The molecule has 7 nitrogen and oxygen atoms in total. The predicted octanol–water partition coefficient (Wildman–Crippen LogP) is 2.62. The number of carbonyl (C=O) groups is 2. The third-order valence-electron chi connectivity index (χ3n) is 5.25. The molecular formula is C19H21N3O4. The van der Waals surface area contributed by atoms with Gasteiger partial charge in [0.1, 0.15) is 5.60 Å². The highest BCUT2D eigenvalue weighted by Gasteiger charge is 2.52. The Labute approximate surface area is 151 Å². The molecule has 1 spiro atoms. The number of rotatable bonds is 4. The Bertz CT molecular complexity index is 796. The molecule has 1 saturated carbocycles. The molecule has 1 aromatic heterocycles. The molecule has 2 fully saturated rings. The summed E-state index contributed by atoms with van der Waals surface area (Å²) in [4.78, 5) is 28.8.